The van der Waals surface area contributed by atoms with Gasteiger partial charge in [0.1, 0.15) is 17.6 Å². The number of nitrogens with zero attached hydrogens (tertiary/aromatic N) is 1. The fourth-order valence-electron chi connectivity index (χ4n) is 3.05. The van der Waals surface area contributed by atoms with Crippen molar-refractivity contribution in [1.82, 2.24) is 4.57 Å². The van der Waals surface area contributed by atoms with E-state index >= 15 is 0 Å². The summed E-state index contributed by atoms with van der Waals surface area (Å²) < 4.78 is 25.5. The number of nitrogens with two attached hydrogens (primary N) is 1. The van der Waals surface area contributed by atoms with Gasteiger partial charge >= 0.3 is 11.7 Å². The molecule has 0 radical (unpaired) electrons. The molecule has 0 fully saturated rings. The summed E-state index contributed by atoms with van der Waals surface area (Å²) in [4.78, 5) is 23.2. The topological polar surface area (TPSA) is 128 Å². The number of halogens is 1. The Morgan fingerprint density at radius 1 is 1.29 bits per heavy atom. The lowest BCUT2D eigenvalue weighted by atomic mass is 9.95. The maximum absolute atomic E-state index is 14.6. The molecule has 8 nitrogen and oxygen atoms in total. The third-order valence-electron chi connectivity index (χ3n) is 4.59. The van der Waals surface area contributed by atoms with Crippen molar-refractivity contribution in [3.05, 3.63) is 51.8 Å². The fraction of sp³-hybridized carbons (Fsp3) is 0.263. The van der Waals surface area contributed by atoms with Gasteiger partial charge in [-0.2, -0.15) is 0 Å². The highest BCUT2D eigenvalue weighted by atomic mass is 19.1. The number of phenols is 1. The number of esters is 1. The van der Waals surface area contributed by atoms with E-state index in [1.165, 1.54) is 36.9 Å². The van der Waals surface area contributed by atoms with Crippen LogP contribution >= 0.6 is 0 Å². The maximum atomic E-state index is 14.6. The molecule has 3 aromatic rings. The van der Waals surface area contributed by atoms with E-state index in [1.807, 2.05) is 0 Å². The largest absolute Gasteiger partial charge is 0.507 e. The predicted molar refractivity (Wildman–Crippen MR) is 98.1 cm³/mol. The van der Waals surface area contributed by atoms with Crippen molar-refractivity contribution in [2.75, 3.05) is 7.11 Å². The van der Waals surface area contributed by atoms with Crippen molar-refractivity contribution < 1.29 is 28.6 Å². The lowest BCUT2D eigenvalue weighted by Gasteiger charge is -2.14. The molecule has 148 valence electrons. The summed E-state index contributed by atoms with van der Waals surface area (Å²) in [7, 11) is 2.68. The molecule has 0 spiro atoms. The number of fused-ring (bicyclic) bond motifs is 1. The number of carbonyl (C=O) groups excluding carboxylic acids is 1. The number of oxazole rings is 1. The number of methoxy groups -OCH3 is 1. The Labute approximate surface area is 158 Å². The van der Waals surface area contributed by atoms with E-state index in [2.05, 4.69) is 4.74 Å². The van der Waals surface area contributed by atoms with Crippen LogP contribution in [0.15, 0.2) is 33.5 Å². The molecule has 0 bridgehead atoms. The lowest BCUT2D eigenvalue weighted by molar-refractivity contribution is -0.142. The molecule has 1 heterocycles. The van der Waals surface area contributed by atoms with Crippen LogP contribution in [0.3, 0.4) is 0 Å². The number of carbonyl (C=O) groups is 1. The van der Waals surface area contributed by atoms with E-state index in [0.29, 0.717) is 16.6 Å². The monoisotopic (exact) mass is 390 g/mol. The average Bonchev–Trinajstić information content (AvgIpc) is 2.95. The molecule has 0 aliphatic heterocycles. The average molecular weight is 390 g/mol. The molecule has 0 aliphatic carbocycles. The summed E-state index contributed by atoms with van der Waals surface area (Å²) in [5, 5.41) is 20.1. The van der Waals surface area contributed by atoms with Crippen LogP contribution in [0.25, 0.3) is 22.2 Å². The number of phenolic OH excluding ortho intramolecular Hbond substituents is 1. The second-order valence-corrected chi connectivity index (χ2v) is 6.36. The van der Waals surface area contributed by atoms with Crippen LogP contribution in [0.1, 0.15) is 11.1 Å². The number of hydrogen-bond acceptors (Lipinski definition) is 7. The number of ether oxygens (including phenoxy) is 1. The highest BCUT2D eigenvalue weighted by Gasteiger charge is 2.20. The van der Waals surface area contributed by atoms with Crippen LogP contribution in [0.4, 0.5) is 4.39 Å². The van der Waals surface area contributed by atoms with E-state index in [4.69, 9.17) is 10.2 Å². The van der Waals surface area contributed by atoms with E-state index in [-0.39, 0.29) is 28.9 Å². The molecular formula is C19H19FN2O6. The molecule has 0 saturated heterocycles. The molecule has 2 aromatic carbocycles. The van der Waals surface area contributed by atoms with Gasteiger partial charge in [0, 0.05) is 19.0 Å². The normalized spacial score (nSPS) is 12.3. The minimum Gasteiger partial charge on any atom is -0.507 e. The Hall–Kier alpha value is -3.17. The second-order valence-electron chi connectivity index (χ2n) is 6.36. The summed E-state index contributed by atoms with van der Waals surface area (Å²) in [6.45, 7) is -0.417. The number of aromatic hydroxyl groups is 1. The zero-order chi connectivity index (χ0) is 20.6. The van der Waals surface area contributed by atoms with E-state index < -0.39 is 30.2 Å². The van der Waals surface area contributed by atoms with E-state index in [9.17, 15) is 24.2 Å². The third-order valence-corrected chi connectivity index (χ3v) is 4.59. The van der Waals surface area contributed by atoms with Gasteiger partial charge in [-0.05, 0) is 41.0 Å². The van der Waals surface area contributed by atoms with Crippen LogP contribution < -0.4 is 11.5 Å². The first kappa shape index (κ1) is 19.6. The third kappa shape index (κ3) is 3.37. The van der Waals surface area contributed by atoms with Crippen LogP contribution in [0, 0.1) is 5.82 Å². The van der Waals surface area contributed by atoms with E-state index in [0.717, 1.165) is 6.07 Å². The molecule has 28 heavy (non-hydrogen) atoms. The van der Waals surface area contributed by atoms with Gasteiger partial charge in [0.2, 0.25) is 0 Å². The number of hydrogen-bond donors (Lipinski definition) is 3. The SMILES string of the molecule is COC(=O)C(N)Cc1cc(O)c(-c2cc3c(cc2CO)oc(=O)n3C)cc1F. The minimum absolute atomic E-state index is 0.0430. The molecule has 0 saturated carbocycles. The molecule has 1 unspecified atom stereocenters. The quantitative estimate of drug-likeness (QED) is 0.558. The molecule has 0 aliphatic rings. The molecule has 1 atom stereocenters. The van der Waals surface area contributed by atoms with Crippen molar-refractivity contribution in [2.24, 2.45) is 12.8 Å². The smallest absolute Gasteiger partial charge is 0.419 e. The number of benzene rings is 2. The number of aliphatic hydroxyl groups excluding tert-OH is 1. The Morgan fingerprint density at radius 2 is 2.00 bits per heavy atom. The zero-order valence-corrected chi connectivity index (χ0v) is 15.2. The lowest BCUT2D eigenvalue weighted by Crippen LogP contribution is -2.33. The second kappa shape index (κ2) is 7.45. The van der Waals surface area contributed by atoms with Gasteiger partial charge in [0.25, 0.3) is 0 Å². The van der Waals surface area contributed by atoms with Gasteiger partial charge in [0.15, 0.2) is 5.58 Å². The van der Waals surface area contributed by atoms with Crippen LogP contribution in [-0.4, -0.2) is 33.9 Å². The Bertz CT molecular complexity index is 1120. The summed E-state index contributed by atoms with van der Waals surface area (Å²) in [5.74, 6) is -2.23. The molecular weight excluding hydrogens is 371 g/mol. The first-order valence-corrected chi connectivity index (χ1v) is 8.35. The maximum Gasteiger partial charge on any atom is 0.419 e. The minimum atomic E-state index is -1.07. The number of aryl methyl sites for hydroxylation is 1. The van der Waals surface area contributed by atoms with Gasteiger partial charge in [-0.1, -0.05) is 0 Å². The van der Waals surface area contributed by atoms with Gasteiger partial charge in [-0.15, -0.1) is 0 Å². The molecule has 3 rings (SSSR count). The first-order valence-electron chi connectivity index (χ1n) is 8.35. The van der Waals surface area contributed by atoms with Crippen LogP contribution in [0.5, 0.6) is 5.75 Å². The van der Waals surface area contributed by atoms with Gasteiger partial charge in [0.05, 0.1) is 19.2 Å². The standard InChI is InChI=1S/C19H19FN2O6/c1-22-15-7-11(10(8-23)5-17(15)28-19(22)26)12-6-13(20)9(4-16(12)24)3-14(21)18(25)27-2/h4-7,14,23-24H,3,8,21H2,1-2H3. The predicted octanol–water partition coefficient (Wildman–Crippen LogP) is 1.18. The van der Waals surface area contributed by atoms with E-state index in [1.54, 1.807) is 0 Å². The Balaban J connectivity index is 2.11. The number of aromatic nitrogens is 1. The number of rotatable bonds is 5. The van der Waals surface area contributed by atoms with Gasteiger partial charge in [-0.25, -0.2) is 9.18 Å². The van der Waals surface area contributed by atoms with Crippen molar-refractivity contribution in [2.45, 2.75) is 19.1 Å². The molecule has 0 amide bonds. The zero-order valence-electron chi connectivity index (χ0n) is 15.2. The summed E-state index contributed by atoms with van der Waals surface area (Å²) in [6, 6.07) is 4.18. The van der Waals surface area contributed by atoms with Crippen molar-refractivity contribution in [1.29, 1.82) is 0 Å². The van der Waals surface area contributed by atoms with Crippen LogP contribution in [0.2, 0.25) is 0 Å². The molecule has 4 N–H and O–H groups in total. The number of aliphatic hydroxyl groups is 1. The van der Waals surface area contributed by atoms with Gasteiger partial charge in [-0.3, -0.25) is 9.36 Å². The fourth-order valence-corrected chi connectivity index (χ4v) is 3.05. The first-order chi connectivity index (χ1) is 13.3. The summed E-state index contributed by atoms with van der Waals surface area (Å²) in [5.41, 5.74) is 7.19. The molecule has 1 aromatic heterocycles. The Morgan fingerprint density at radius 3 is 2.64 bits per heavy atom. The van der Waals surface area contributed by atoms with Gasteiger partial charge < -0.3 is 25.1 Å². The Kier molecular flexibility index (Phi) is 5.21. The van der Waals surface area contributed by atoms with Crippen molar-refractivity contribution in [3.63, 3.8) is 0 Å². The summed E-state index contributed by atoms with van der Waals surface area (Å²) in [6.07, 6.45) is -0.158. The highest BCUT2D eigenvalue weighted by Crippen LogP contribution is 2.36. The summed E-state index contributed by atoms with van der Waals surface area (Å²) >= 11 is 0. The molecule has 9 heteroatoms. The van der Waals surface area contributed by atoms with Crippen LogP contribution in [-0.2, 0) is 29.6 Å². The van der Waals surface area contributed by atoms with Crippen molar-refractivity contribution >= 4 is 17.1 Å². The highest BCUT2D eigenvalue weighted by molar-refractivity contribution is 5.85. The van der Waals surface area contributed by atoms with Crippen molar-refractivity contribution in [3.8, 4) is 16.9 Å².